The van der Waals surface area contributed by atoms with Crippen LogP contribution in [0.15, 0.2) is 30.3 Å². The molecule has 0 unspecified atom stereocenters. The molecule has 0 bridgehead atoms. The Hall–Kier alpha value is -1.88. The molecule has 3 rings (SSSR count). The van der Waals surface area contributed by atoms with Gasteiger partial charge in [-0.3, -0.25) is 0 Å². The van der Waals surface area contributed by atoms with E-state index >= 15 is 0 Å². The van der Waals surface area contributed by atoms with E-state index in [1.807, 2.05) is 4.90 Å². The summed E-state index contributed by atoms with van der Waals surface area (Å²) in [6, 6.07) is 9.03. The average Bonchev–Trinajstić information content (AvgIpc) is 2.83. The third-order valence-electron chi connectivity index (χ3n) is 4.53. The van der Waals surface area contributed by atoms with E-state index in [-0.39, 0.29) is 17.9 Å². The molecule has 0 aliphatic carbocycles. The summed E-state index contributed by atoms with van der Waals surface area (Å²) >= 11 is 1.75. The van der Waals surface area contributed by atoms with Crippen molar-refractivity contribution in [2.75, 3.05) is 11.9 Å². The minimum Gasteiger partial charge on any atom is -0.317 e. The summed E-state index contributed by atoms with van der Waals surface area (Å²) in [5.74, 6) is -0.297. The van der Waals surface area contributed by atoms with Gasteiger partial charge in [0.1, 0.15) is 5.82 Å². The summed E-state index contributed by atoms with van der Waals surface area (Å²) in [7, 11) is 0. The number of halogens is 1. The molecule has 24 heavy (non-hydrogen) atoms. The molecule has 2 heterocycles. The Morgan fingerprint density at radius 3 is 2.75 bits per heavy atom. The van der Waals surface area contributed by atoms with Crippen LogP contribution in [0, 0.1) is 19.7 Å². The number of urea groups is 1. The van der Waals surface area contributed by atoms with Crippen molar-refractivity contribution in [3.8, 4) is 0 Å². The molecule has 2 amide bonds. The van der Waals surface area contributed by atoms with Crippen LogP contribution < -0.4 is 5.32 Å². The number of rotatable bonds is 2. The number of nitrogens with zero attached hydrogens (tertiary/aromatic N) is 1. The monoisotopic (exact) mass is 346 g/mol. The normalized spacial score (nSPS) is 18.3. The van der Waals surface area contributed by atoms with Crippen LogP contribution in [-0.4, -0.2) is 17.5 Å². The molecule has 3 nitrogen and oxygen atoms in total. The maximum Gasteiger partial charge on any atom is 0.322 e. The quantitative estimate of drug-likeness (QED) is 0.748. The number of carbonyl (C=O) groups is 1. The van der Waals surface area contributed by atoms with E-state index in [4.69, 9.17) is 0 Å². The lowest BCUT2D eigenvalue weighted by atomic mass is 10.1. The molecule has 1 aromatic heterocycles. The van der Waals surface area contributed by atoms with Gasteiger partial charge in [-0.25, -0.2) is 9.18 Å². The van der Waals surface area contributed by atoms with Crippen molar-refractivity contribution in [1.29, 1.82) is 0 Å². The van der Waals surface area contributed by atoms with E-state index < -0.39 is 0 Å². The van der Waals surface area contributed by atoms with Crippen molar-refractivity contribution in [3.63, 3.8) is 0 Å². The third-order valence-corrected chi connectivity index (χ3v) is 5.63. The molecule has 1 aromatic carbocycles. The van der Waals surface area contributed by atoms with Gasteiger partial charge in [0, 0.05) is 22.0 Å². The molecule has 0 saturated carbocycles. The van der Waals surface area contributed by atoms with E-state index in [0.29, 0.717) is 11.3 Å². The Kier molecular flexibility index (Phi) is 5.19. The maximum absolute atomic E-state index is 13.7. The number of aryl methyl sites for hydroxylation is 2. The zero-order valence-electron chi connectivity index (χ0n) is 14.1. The first kappa shape index (κ1) is 17.0. The van der Waals surface area contributed by atoms with Gasteiger partial charge in [0.25, 0.3) is 0 Å². The van der Waals surface area contributed by atoms with Crippen LogP contribution >= 0.6 is 11.3 Å². The zero-order chi connectivity index (χ0) is 17.1. The number of amides is 2. The summed E-state index contributed by atoms with van der Waals surface area (Å²) in [4.78, 5) is 17.2. The van der Waals surface area contributed by atoms with E-state index in [2.05, 4.69) is 24.4 Å². The molecule has 5 heteroatoms. The van der Waals surface area contributed by atoms with Gasteiger partial charge < -0.3 is 10.2 Å². The van der Waals surface area contributed by atoms with Gasteiger partial charge in [-0.1, -0.05) is 18.9 Å². The van der Waals surface area contributed by atoms with Gasteiger partial charge in [0.05, 0.1) is 6.04 Å². The van der Waals surface area contributed by atoms with Crippen LogP contribution in [0.1, 0.15) is 47.0 Å². The van der Waals surface area contributed by atoms with Crippen LogP contribution in [-0.2, 0) is 0 Å². The van der Waals surface area contributed by atoms with Crippen LogP contribution in [0.4, 0.5) is 14.9 Å². The number of likely N-dealkylation sites (tertiary alicyclic amines) is 1. The fourth-order valence-electron chi connectivity index (χ4n) is 3.15. The standard InChI is InChI=1S/C19H23FN2OS/c1-13-7-9-15(12-16(13)20)21-19(23)22-11-5-3-4-6-17(22)18-10-8-14(2)24-18/h7-10,12,17H,3-6,11H2,1-2H3,(H,21,23)/t17-/m0/s1. The molecule has 1 N–H and O–H groups in total. The van der Waals surface area contributed by atoms with Gasteiger partial charge in [0.2, 0.25) is 0 Å². The number of hydrogen-bond acceptors (Lipinski definition) is 2. The second kappa shape index (κ2) is 7.34. The topological polar surface area (TPSA) is 32.3 Å². The number of carbonyl (C=O) groups excluding carboxylic acids is 1. The third kappa shape index (κ3) is 3.78. The van der Waals surface area contributed by atoms with Crippen LogP contribution in [0.25, 0.3) is 0 Å². The highest BCUT2D eigenvalue weighted by Gasteiger charge is 2.27. The number of nitrogens with one attached hydrogen (secondary N) is 1. The second-order valence-electron chi connectivity index (χ2n) is 6.40. The fourth-order valence-corrected chi connectivity index (χ4v) is 4.17. The van der Waals surface area contributed by atoms with E-state index in [9.17, 15) is 9.18 Å². The smallest absolute Gasteiger partial charge is 0.317 e. The molecule has 1 fully saturated rings. The Morgan fingerprint density at radius 2 is 2.04 bits per heavy atom. The Labute approximate surface area is 146 Å². The SMILES string of the molecule is Cc1ccc([C@@H]2CCCCCN2C(=O)Nc2ccc(C)c(F)c2)s1. The molecule has 1 saturated heterocycles. The van der Waals surface area contributed by atoms with Crippen molar-refractivity contribution in [3.05, 3.63) is 51.5 Å². The second-order valence-corrected chi connectivity index (χ2v) is 7.72. The highest BCUT2D eigenvalue weighted by Crippen LogP contribution is 2.34. The summed E-state index contributed by atoms with van der Waals surface area (Å²) in [5, 5.41) is 2.87. The number of benzene rings is 1. The van der Waals surface area contributed by atoms with Crippen molar-refractivity contribution >= 4 is 23.1 Å². The van der Waals surface area contributed by atoms with E-state index in [1.54, 1.807) is 30.4 Å². The Balaban J connectivity index is 1.80. The lowest BCUT2D eigenvalue weighted by molar-refractivity contribution is 0.190. The largest absolute Gasteiger partial charge is 0.322 e. The van der Waals surface area contributed by atoms with Crippen molar-refractivity contribution in [2.24, 2.45) is 0 Å². The van der Waals surface area contributed by atoms with Crippen LogP contribution in [0.2, 0.25) is 0 Å². The summed E-state index contributed by atoms with van der Waals surface area (Å²) < 4.78 is 13.7. The number of thiophene rings is 1. The summed E-state index contributed by atoms with van der Waals surface area (Å²) in [6.07, 6.45) is 4.26. The molecule has 0 spiro atoms. The first-order chi connectivity index (χ1) is 11.5. The molecular formula is C19H23FN2OS. The van der Waals surface area contributed by atoms with Gasteiger partial charge in [-0.2, -0.15) is 0 Å². The molecule has 1 aliphatic rings. The van der Waals surface area contributed by atoms with Crippen LogP contribution in [0.3, 0.4) is 0 Å². The van der Waals surface area contributed by atoms with E-state index in [0.717, 1.165) is 32.2 Å². The van der Waals surface area contributed by atoms with Gasteiger partial charge in [-0.05, 0) is 56.5 Å². The van der Waals surface area contributed by atoms with Gasteiger partial charge in [-0.15, -0.1) is 11.3 Å². The van der Waals surface area contributed by atoms with Crippen molar-refractivity contribution in [1.82, 2.24) is 4.90 Å². The highest BCUT2D eigenvalue weighted by atomic mass is 32.1. The predicted molar refractivity (Wildman–Crippen MR) is 97.1 cm³/mol. The first-order valence-electron chi connectivity index (χ1n) is 8.45. The first-order valence-corrected chi connectivity index (χ1v) is 9.26. The number of anilines is 1. The van der Waals surface area contributed by atoms with Crippen molar-refractivity contribution in [2.45, 2.75) is 45.6 Å². The lowest BCUT2D eigenvalue weighted by Gasteiger charge is -2.29. The maximum atomic E-state index is 13.7. The Morgan fingerprint density at radius 1 is 1.21 bits per heavy atom. The molecule has 128 valence electrons. The van der Waals surface area contributed by atoms with Crippen molar-refractivity contribution < 1.29 is 9.18 Å². The van der Waals surface area contributed by atoms with Gasteiger partial charge >= 0.3 is 6.03 Å². The molecule has 1 atom stereocenters. The number of hydrogen-bond donors (Lipinski definition) is 1. The summed E-state index contributed by atoms with van der Waals surface area (Å²) in [6.45, 7) is 4.54. The lowest BCUT2D eigenvalue weighted by Crippen LogP contribution is -2.37. The minimum atomic E-state index is -0.297. The fraction of sp³-hybridized carbons (Fsp3) is 0.421. The molecular weight excluding hydrogens is 323 g/mol. The minimum absolute atomic E-state index is 0.112. The van der Waals surface area contributed by atoms with Crippen LogP contribution in [0.5, 0.6) is 0 Å². The molecule has 1 aliphatic heterocycles. The predicted octanol–water partition coefficient (Wildman–Crippen LogP) is 5.65. The zero-order valence-corrected chi connectivity index (χ0v) is 15.0. The molecule has 2 aromatic rings. The van der Waals surface area contributed by atoms with Gasteiger partial charge in [0.15, 0.2) is 0 Å². The van der Waals surface area contributed by atoms with E-state index in [1.165, 1.54) is 15.8 Å². The average molecular weight is 346 g/mol. The Bertz CT molecular complexity index is 728. The molecule has 0 radical (unpaired) electrons. The summed E-state index contributed by atoms with van der Waals surface area (Å²) in [5.41, 5.74) is 1.09. The highest BCUT2D eigenvalue weighted by molar-refractivity contribution is 7.12.